The van der Waals surface area contributed by atoms with Gasteiger partial charge in [-0.25, -0.2) is 0 Å². The first-order valence-corrected chi connectivity index (χ1v) is 3.48. The van der Waals surface area contributed by atoms with E-state index in [1.54, 1.807) is 0 Å². The second-order valence-electron chi connectivity index (χ2n) is 1.60. The van der Waals surface area contributed by atoms with Crippen LogP contribution in [0.1, 0.15) is 0 Å². The second kappa shape index (κ2) is 30.1. The van der Waals surface area contributed by atoms with Crippen LogP contribution in [0.15, 0.2) is 0 Å². The van der Waals surface area contributed by atoms with Crippen LogP contribution in [-0.2, 0) is 16.8 Å². The molecule has 0 bridgehead atoms. The molecule has 0 heterocycles. The van der Waals surface area contributed by atoms with Crippen LogP contribution in [0.5, 0.6) is 0 Å². The predicted molar refractivity (Wildman–Crippen MR) is 47.9 cm³/mol. The molecule has 0 radical (unpaired) electrons. The van der Waals surface area contributed by atoms with Crippen molar-refractivity contribution in [3.63, 3.8) is 0 Å². The summed E-state index contributed by atoms with van der Waals surface area (Å²) in [6, 6.07) is 0. The van der Waals surface area contributed by atoms with Crippen molar-refractivity contribution >= 4 is 30.5 Å². The number of hydrogen-bond acceptors (Lipinski definition) is 10. The summed E-state index contributed by atoms with van der Waals surface area (Å²) in [6.45, 7) is 0. The van der Waals surface area contributed by atoms with Gasteiger partial charge in [0.25, 0.3) is 0 Å². The SMILES string of the molecule is NC(=O)[O-].NC(=O)[O-].NC(=O)[O-].NC(=O)[O-].NC(=O)[O-].[Co+5]. The summed E-state index contributed by atoms with van der Waals surface area (Å²) in [5.41, 5.74) is 19.6. The molecular weight excluding hydrogens is 349 g/mol. The Kier molecular flexibility index (Phi) is 51.8. The van der Waals surface area contributed by atoms with Crippen molar-refractivity contribution in [3.05, 3.63) is 0 Å². The molecule has 0 aromatic rings. The van der Waals surface area contributed by atoms with E-state index in [0.717, 1.165) is 0 Å². The topological polar surface area (TPSA) is 331 Å². The van der Waals surface area contributed by atoms with Crippen LogP contribution in [0.4, 0.5) is 24.0 Å². The summed E-state index contributed by atoms with van der Waals surface area (Å²) in [6.07, 6.45) is -7.92. The number of carboxylic acid groups (broad SMARTS) is 5. The molecule has 0 saturated heterocycles. The minimum atomic E-state index is -1.58. The minimum Gasteiger partial charge on any atom is -0.530 e. The molecule has 15 nitrogen and oxygen atoms in total. The molecule has 5 amide bonds. The quantitative estimate of drug-likeness (QED) is 0.271. The van der Waals surface area contributed by atoms with Gasteiger partial charge in [-0.15, -0.1) is 0 Å². The monoisotopic (exact) mass is 359 g/mol. The summed E-state index contributed by atoms with van der Waals surface area (Å²) in [5.74, 6) is 0. The van der Waals surface area contributed by atoms with Crippen LogP contribution >= 0.6 is 0 Å². The second-order valence-corrected chi connectivity index (χ2v) is 1.60. The van der Waals surface area contributed by atoms with E-state index in [2.05, 4.69) is 28.7 Å². The Labute approximate surface area is 126 Å². The molecule has 10 N–H and O–H groups in total. The van der Waals surface area contributed by atoms with Crippen LogP contribution < -0.4 is 54.2 Å². The van der Waals surface area contributed by atoms with E-state index in [1.165, 1.54) is 0 Å². The number of primary amides is 5. The maximum atomic E-state index is 8.67. The molecule has 0 aromatic carbocycles. The van der Waals surface area contributed by atoms with E-state index in [9.17, 15) is 0 Å². The van der Waals surface area contributed by atoms with Gasteiger partial charge in [0.2, 0.25) is 0 Å². The fourth-order valence-corrected chi connectivity index (χ4v) is 0. The standard InChI is InChI=1S/5CH3NO2.Co/c5*2-1(3)4;/h5*2H2,(H,3,4);/q;;;;;+5/p-5. The summed E-state index contributed by atoms with van der Waals surface area (Å²) < 4.78 is 0. The van der Waals surface area contributed by atoms with Gasteiger partial charge in [-0.3, -0.25) is 0 Å². The van der Waals surface area contributed by atoms with Crippen LogP contribution in [0, 0.1) is 0 Å². The van der Waals surface area contributed by atoms with Gasteiger partial charge < -0.3 is 78.2 Å². The number of carbonyl (C=O) groups excluding carboxylic acids is 5. The Morgan fingerprint density at radius 1 is 0.429 bits per heavy atom. The molecule has 0 aliphatic rings. The van der Waals surface area contributed by atoms with E-state index >= 15 is 0 Å². The van der Waals surface area contributed by atoms with Crippen molar-refractivity contribution < 1.29 is 66.3 Å². The Morgan fingerprint density at radius 3 is 0.429 bits per heavy atom. The molecule has 0 aromatic heterocycles. The molecule has 0 fully saturated rings. The van der Waals surface area contributed by atoms with Crippen molar-refractivity contribution in [1.82, 2.24) is 0 Å². The third-order valence-electron chi connectivity index (χ3n) is 0. The molecule has 21 heavy (non-hydrogen) atoms. The van der Waals surface area contributed by atoms with E-state index < -0.39 is 30.5 Å². The largest absolute Gasteiger partial charge is 5.00 e. The smallest absolute Gasteiger partial charge is 0.530 e. The van der Waals surface area contributed by atoms with Gasteiger partial charge in [0.15, 0.2) is 0 Å². The van der Waals surface area contributed by atoms with Crippen molar-refractivity contribution in [2.24, 2.45) is 28.7 Å². The van der Waals surface area contributed by atoms with Gasteiger partial charge in [-0.05, 0) is 0 Å². The van der Waals surface area contributed by atoms with Crippen LogP contribution in [0.2, 0.25) is 0 Å². The van der Waals surface area contributed by atoms with Gasteiger partial charge >= 0.3 is 16.8 Å². The first-order valence-electron chi connectivity index (χ1n) is 3.48. The Bertz CT molecular complexity index is 221. The first kappa shape index (κ1) is 36.1. The summed E-state index contributed by atoms with van der Waals surface area (Å²) in [7, 11) is 0. The minimum absolute atomic E-state index is 0. The zero-order valence-corrected chi connectivity index (χ0v) is 10.8. The zero-order chi connectivity index (χ0) is 17.9. The third kappa shape index (κ3) is 377. The molecule has 0 unspecified atom stereocenters. The molecule has 0 atom stereocenters. The maximum absolute atomic E-state index is 8.67. The van der Waals surface area contributed by atoms with E-state index in [1.807, 2.05) is 0 Å². The van der Waals surface area contributed by atoms with Crippen LogP contribution in [-0.4, -0.2) is 30.5 Å². The fraction of sp³-hybridized carbons (Fsp3) is 0. The maximum Gasteiger partial charge on any atom is 5.00 e. The van der Waals surface area contributed by atoms with Crippen molar-refractivity contribution in [1.29, 1.82) is 0 Å². The number of hydrogen-bond donors (Lipinski definition) is 5. The molecule has 0 aliphatic carbocycles. The average molecular weight is 359 g/mol. The molecular formula is C5H10CoN5O10. The Hall–Kier alpha value is -3.14. The number of amides is 5. The van der Waals surface area contributed by atoms with Crippen LogP contribution in [0.3, 0.4) is 0 Å². The number of nitrogens with two attached hydrogens (primary N) is 5. The average Bonchev–Trinajstić information content (AvgIpc) is 1.94. The van der Waals surface area contributed by atoms with Crippen molar-refractivity contribution in [2.75, 3.05) is 0 Å². The fourth-order valence-electron chi connectivity index (χ4n) is 0. The molecule has 0 aliphatic heterocycles. The molecule has 0 saturated carbocycles. The Balaban J connectivity index is -0.0000000331. The summed E-state index contributed by atoms with van der Waals surface area (Å²) in [5, 5.41) is 43.3. The normalized spacial score (nSPS) is 5.71. The number of rotatable bonds is 0. The van der Waals surface area contributed by atoms with E-state index in [0.29, 0.717) is 0 Å². The van der Waals surface area contributed by atoms with Crippen molar-refractivity contribution in [2.45, 2.75) is 0 Å². The van der Waals surface area contributed by atoms with Gasteiger partial charge in [0.05, 0.1) is 0 Å². The van der Waals surface area contributed by atoms with E-state index in [4.69, 9.17) is 49.5 Å². The van der Waals surface area contributed by atoms with Crippen LogP contribution in [0.25, 0.3) is 0 Å². The van der Waals surface area contributed by atoms with Gasteiger partial charge in [0, 0.05) is 0 Å². The summed E-state index contributed by atoms with van der Waals surface area (Å²) in [4.78, 5) is 43.3. The van der Waals surface area contributed by atoms with Crippen molar-refractivity contribution in [3.8, 4) is 0 Å². The summed E-state index contributed by atoms with van der Waals surface area (Å²) >= 11 is 0. The zero-order valence-electron chi connectivity index (χ0n) is 9.80. The van der Waals surface area contributed by atoms with Gasteiger partial charge in [-0.1, -0.05) is 0 Å². The first-order chi connectivity index (χ1) is 8.66. The molecule has 0 rings (SSSR count). The molecule has 0 spiro atoms. The van der Waals surface area contributed by atoms with Gasteiger partial charge in [0.1, 0.15) is 30.5 Å². The Morgan fingerprint density at radius 2 is 0.429 bits per heavy atom. The molecule has 124 valence electrons. The number of carbonyl (C=O) groups is 5. The van der Waals surface area contributed by atoms with E-state index in [-0.39, 0.29) is 16.8 Å². The third-order valence-corrected chi connectivity index (χ3v) is 0. The predicted octanol–water partition coefficient (Wildman–Crippen LogP) is -8.56. The van der Waals surface area contributed by atoms with Gasteiger partial charge in [-0.2, -0.15) is 0 Å². The molecule has 16 heteroatoms.